The highest BCUT2D eigenvalue weighted by molar-refractivity contribution is 6.30. The lowest BCUT2D eigenvalue weighted by Crippen LogP contribution is -2.52. The van der Waals surface area contributed by atoms with Gasteiger partial charge in [0.1, 0.15) is 5.54 Å². The van der Waals surface area contributed by atoms with Gasteiger partial charge in [-0.05, 0) is 37.2 Å². The van der Waals surface area contributed by atoms with Crippen LogP contribution < -0.4 is 5.32 Å². The number of hydrogen-bond acceptors (Lipinski definition) is 3. The first-order chi connectivity index (χ1) is 8.11. The molecule has 4 heteroatoms. The van der Waals surface area contributed by atoms with Gasteiger partial charge in [-0.2, -0.15) is 0 Å². The lowest BCUT2D eigenvalue weighted by Gasteiger charge is -2.25. The first-order valence-electron chi connectivity index (χ1n) is 5.75. The van der Waals surface area contributed by atoms with Gasteiger partial charge < -0.3 is 10.1 Å². The highest BCUT2D eigenvalue weighted by Crippen LogP contribution is 2.32. The van der Waals surface area contributed by atoms with E-state index in [1.165, 1.54) is 0 Å². The molecule has 1 atom stereocenters. The second kappa shape index (κ2) is 4.67. The zero-order chi connectivity index (χ0) is 12.5. The number of hydrogen-bond donors (Lipinski definition) is 1. The molecule has 0 aromatic heterocycles. The van der Waals surface area contributed by atoms with Gasteiger partial charge >= 0.3 is 5.97 Å². The fourth-order valence-electron chi connectivity index (χ4n) is 2.34. The molecule has 0 fully saturated rings. The minimum absolute atomic E-state index is 0.185. The summed E-state index contributed by atoms with van der Waals surface area (Å²) in [4.78, 5) is 12.0. The third kappa shape index (κ3) is 2.17. The van der Waals surface area contributed by atoms with E-state index in [9.17, 15) is 4.79 Å². The monoisotopic (exact) mass is 253 g/mol. The Morgan fingerprint density at radius 3 is 2.82 bits per heavy atom. The number of ether oxygens (including phenoxy) is 1. The van der Waals surface area contributed by atoms with E-state index in [2.05, 4.69) is 5.32 Å². The van der Waals surface area contributed by atoms with Crippen LogP contribution in [0.1, 0.15) is 18.1 Å². The lowest BCUT2D eigenvalue weighted by molar-refractivity contribution is -0.150. The molecule has 0 saturated heterocycles. The zero-order valence-electron chi connectivity index (χ0n) is 10.0. The van der Waals surface area contributed by atoms with Crippen molar-refractivity contribution in [2.75, 3.05) is 13.7 Å². The van der Waals surface area contributed by atoms with Crippen LogP contribution in [0.15, 0.2) is 18.2 Å². The van der Waals surface area contributed by atoms with Crippen LogP contribution in [-0.2, 0) is 22.4 Å². The van der Waals surface area contributed by atoms with Crippen LogP contribution in [0.25, 0.3) is 0 Å². The van der Waals surface area contributed by atoms with Crippen LogP contribution in [0.2, 0.25) is 5.02 Å². The van der Waals surface area contributed by atoms with Crippen LogP contribution in [0, 0.1) is 0 Å². The van der Waals surface area contributed by atoms with Crippen molar-refractivity contribution in [2.45, 2.75) is 25.3 Å². The lowest BCUT2D eigenvalue weighted by atomic mass is 9.96. The van der Waals surface area contributed by atoms with Crippen molar-refractivity contribution in [1.82, 2.24) is 5.32 Å². The molecule has 1 aromatic rings. The first kappa shape index (κ1) is 12.4. The molecule has 0 amide bonds. The quantitative estimate of drug-likeness (QED) is 0.837. The highest BCUT2D eigenvalue weighted by Gasteiger charge is 2.43. The van der Waals surface area contributed by atoms with Crippen LogP contribution in [-0.4, -0.2) is 25.2 Å². The number of carbonyl (C=O) groups is 1. The third-order valence-electron chi connectivity index (χ3n) is 3.30. The van der Waals surface area contributed by atoms with Gasteiger partial charge in [-0.1, -0.05) is 17.7 Å². The number of rotatable bonds is 3. The van der Waals surface area contributed by atoms with Crippen LogP contribution >= 0.6 is 11.6 Å². The molecule has 0 saturated carbocycles. The molecule has 0 bridgehead atoms. The molecule has 17 heavy (non-hydrogen) atoms. The van der Waals surface area contributed by atoms with E-state index >= 15 is 0 Å². The highest BCUT2D eigenvalue weighted by atomic mass is 35.5. The Bertz CT molecular complexity index is 447. The molecular weight excluding hydrogens is 238 g/mol. The van der Waals surface area contributed by atoms with E-state index in [1.807, 2.05) is 25.1 Å². The minimum atomic E-state index is -0.622. The Labute approximate surface area is 106 Å². The summed E-state index contributed by atoms with van der Waals surface area (Å²) >= 11 is 5.96. The molecule has 1 aliphatic rings. The molecule has 1 aromatic carbocycles. The molecule has 0 heterocycles. The summed E-state index contributed by atoms with van der Waals surface area (Å²) in [6.07, 6.45) is 1.30. The predicted molar refractivity (Wildman–Crippen MR) is 67.3 cm³/mol. The first-order valence-corrected chi connectivity index (χ1v) is 6.12. The fraction of sp³-hybridized carbons (Fsp3) is 0.462. The van der Waals surface area contributed by atoms with Gasteiger partial charge in [0, 0.05) is 17.9 Å². The SMILES string of the molecule is CCOC(=O)C1(NC)Cc2ccc(Cl)cc2C1. The summed E-state index contributed by atoms with van der Waals surface area (Å²) in [5, 5.41) is 3.82. The fourth-order valence-corrected chi connectivity index (χ4v) is 2.53. The van der Waals surface area contributed by atoms with Crippen LogP contribution in [0.4, 0.5) is 0 Å². The van der Waals surface area contributed by atoms with E-state index in [1.54, 1.807) is 7.05 Å². The number of benzene rings is 1. The maximum atomic E-state index is 12.0. The third-order valence-corrected chi connectivity index (χ3v) is 3.53. The van der Waals surface area contributed by atoms with Crippen molar-refractivity contribution in [3.8, 4) is 0 Å². The summed E-state index contributed by atoms with van der Waals surface area (Å²) in [7, 11) is 1.80. The van der Waals surface area contributed by atoms with Crippen LogP contribution in [0.5, 0.6) is 0 Å². The summed E-state index contributed by atoms with van der Waals surface area (Å²) in [5.74, 6) is -0.185. The van der Waals surface area contributed by atoms with Gasteiger partial charge in [0.05, 0.1) is 6.61 Å². The van der Waals surface area contributed by atoms with Crippen molar-refractivity contribution in [3.63, 3.8) is 0 Å². The minimum Gasteiger partial charge on any atom is -0.465 e. The van der Waals surface area contributed by atoms with E-state index in [-0.39, 0.29) is 5.97 Å². The average Bonchev–Trinajstić information content (AvgIpc) is 2.68. The number of likely N-dealkylation sites (N-methyl/N-ethyl adjacent to an activating group) is 1. The van der Waals surface area contributed by atoms with Crippen molar-refractivity contribution < 1.29 is 9.53 Å². The van der Waals surface area contributed by atoms with Gasteiger partial charge in [0.15, 0.2) is 0 Å². The Kier molecular flexibility index (Phi) is 3.40. The smallest absolute Gasteiger partial charge is 0.327 e. The standard InChI is InChI=1S/C13H16ClNO2/c1-3-17-12(16)13(15-2)7-9-4-5-11(14)6-10(9)8-13/h4-6,15H,3,7-8H2,1-2H3. The summed E-state index contributed by atoms with van der Waals surface area (Å²) in [5.41, 5.74) is 1.67. The maximum Gasteiger partial charge on any atom is 0.327 e. The van der Waals surface area contributed by atoms with Gasteiger partial charge in [-0.15, -0.1) is 0 Å². The molecular formula is C13H16ClNO2. The summed E-state index contributed by atoms with van der Waals surface area (Å²) in [6.45, 7) is 2.22. The van der Waals surface area contributed by atoms with Gasteiger partial charge in [0.25, 0.3) is 0 Å². The van der Waals surface area contributed by atoms with Crippen molar-refractivity contribution in [1.29, 1.82) is 0 Å². The maximum absolute atomic E-state index is 12.0. The normalized spacial score (nSPS) is 22.3. The Balaban J connectivity index is 2.29. The number of nitrogens with one attached hydrogen (secondary N) is 1. The van der Waals surface area contributed by atoms with Crippen molar-refractivity contribution in [3.05, 3.63) is 34.3 Å². The second-order valence-corrected chi connectivity index (χ2v) is 4.76. The molecule has 3 nitrogen and oxygen atoms in total. The van der Waals surface area contributed by atoms with Gasteiger partial charge in [-0.3, -0.25) is 4.79 Å². The number of carbonyl (C=O) groups excluding carboxylic acids is 1. The van der Waals surface area contributed by atoms with Crippen molar-refractivity contribution in [2.24, 2.45) is 0 Å². The topological polar surface area (TPSA) is 38.3 Å². The molecule has 92 valence electrons. The van der Waals surface area contributed by atoms with E-state index in [0.29, 0.717) is 24.5 Å². The molecule has 1 N–H and O–H groups in total. The summed E-state index contributed by atoms with van der Waals surface area (Å²) < 4.78 is 5.15. The molecule has 1 aliphatic carbocycles. The summed E-state index contributed by atoms with van der Waals surface area (Å²) in [6, 6.07) is 5.77. The predicted octanol–water partition coefficient (Wildman–Crippen LogP) is 1.96. The molecule has 1 unspecified atom stereocenters. The largest absolute Gasteiger partial charge is 0.465 e. The van der Waals surface area contributed by atoms with Crippen LogP contribution in [0.3, 0.4) is 0 Å². The molecule has 0 radical (unpaired) electrons. The Morgan fingerprint density at radius 1 is 1.47 bits per heavy atom. The average molecular weight is 254 g/mol. The van der Waals surface area contributed by atoms with E-state index in [0.717, 1.165) is 11.1 Å². The zero-order valence-corrected chi connectivity index (χ0v) is 10.8. The van der Waals surface area contributed by atoms with Gasteiger partial charge in [-0.25, -0.2) is 0 Å². The van der Waals surface area contributed by atoms with E-state index in [4.69, 9.17) is 16.3 Å². The molecule has 0 aliphatic heterocycles. The number of fused-ring (bicyclic) bond motifs is 1. The molecule has 2 rings (SSSR count). The number of halogens is 1. The molecule has 0 spiro atoms. The van der Waals surface area contributed by atoms with Gasteiger partial charge in [0.2, 0.25) is 0 Å². The Hall–Kier alpha value is -1.06. The van der Waals surface area contributed by atoms with E-state index < -0.39 is 5.54 Å². The second-order valence-electron chi connectivity index (χ2n) is 4.32. The Morgan fingerprint density at radius 2 is 2.18 bits per heavy atom. The number of esters is 1. The van der Waals surface area contributed by atoms with Crippen molar-refractivity contribution >= 4 is 17.6 Å².